The van der Waals surface area contributed by atoms with E-state index in [1.54, 1.807) is 31.9 Å². The SMILES string of the molecule is CC(C)(C)OC(=O)N[C@@H](CC1CCN(C(=O)OC(C)(C)C)CC1)C(=O)Nc1cnc2ccccc2c1. The number of carbonyl (C=O) groups is 3. The summed E-state index contributed by atoms with van der Waals surface area (Å²) in [5.41, 5.74) is 0.142. The Balaban J connectivity index is 1.66. The number of aromatic nitrogens is 1. The number of fused-ring (bicyclic) bond motifs is 1. The van der Waals surface area contributed by atoms with Crippen LogP contribution in [-0.4, -0.2) is 58.3 Å². The van der Waals surface area contributed by atoms with Gasteiger partial charge in [0.2, 0.25) is 5.91 Å². The Hall–Kier alpha value is -3.36. The molecule has 9 nitrogen and oxygen atoms in total. The number of ether oxygens (including phenoxy) is 2. The van der Waals surface area contributed by atoms with Crippen molar-refractivity contribution in [2.75, 3.05) is 18.4 Å². The molecule has 2 aromatic rings. The van der Waals surface area contributed by atoms with E-state index in [1.165, 1.54) is 0 Å². The summed E-state index contributed by atoms with van der Waals surface area (Å²) in [5, 5.41) is 6.54. The van der Waals surface area contributed by atoms with Gasteiger partial charge < -0.3 is 25.0 Å². The molecule has 3 rings (SSSR count). The van der Waals surface area contributed by atoms with Gasteiger partial charge in [0.25, 0.3) is 0 Å². The maximum Gasteiger partial charge on any atom is 0.410 e. The standard InChI is InChI=1S/C27H38N4O5/c1-26(2,3)35-24(33)30-22(15-18-11-13-31(14-12-18)25(34)36-27(4,5)6)23(32)29-20-16-19-9-7-8-10-21(19)28-17-20/h7-10,16-18,22H,11-15H2,1-6H3,(H,29,32)(H,30,33)/t22-/m0/s1. The number of rotatable bonds is 5. The summed E-state index contributed by atoms with van der Waals surface area (Å²) in [7, 11) is 0. The lowest BCUT2D eigenvalue weighted by Gasteiger charge is -2.34. The first-order valence-corrected chi connectivity index (χ1v) is 12.4. The summed E-state index contributed by atoms with van der Waals surface area (Å²) in [4.78, 5) is 44.3. The lowest BCUT2D eigenvalue weighted by Crippen LogP contribution is -2.48. The number of hydrogen-bond acceptors (Lipinski definition) is 6. The molecular weight excluding hydrogens is 460 g/mol. The van der Waals surface area contributed by atoms with Gasteiger partial charge in [0.15, 0.2) is 0 Å². The minimum Gasteiger partial charge on any atom is -0.444 e. The Labute approximate surface area is 212 Å². The lowest BCUT2D eigenvalue weighted by molar-refractivity contribution is -0.118. The second kappa shape index (κ2) is 11.1. The summed E-state index contributed by atoms with van der Waals surface area (Å²) in [6, 6.07) is 8.69. The van der Waals surface area contributed by atoms with Crippen LogP contribution in [0.3, 0.4) is 0 Å². The van der Waals surface area contributed by atoms with Gasteiger partial charge >= 0.3 is 12.2 Å². The maximum atomic E-state index is 13.3. The molecule has 0 saturated carbocycles. The van der Waals surface area contributed by atoms with Gasteiger partial charge in [0.05, 0.1) is 17.4 Å². The summed E-state index contributed by atoms with van der Waals surface area (Å²) < 4.78 is 10.9. The minimum atomic E-state index is -0.801. The van der Waals surface area contributed by atoms with Gasteiger partial charge in [-0.1, -0.05) is 18.2 Å². The Kier molecular flexibility index (Phi) is 8.43. The van der Waals surface area contributed by atoms with E-state index in [0.29, 0.717) is 38.0 Å². The molecule has 0 spiro atoms. The fourth-order valence-corrected chi connectivity index (χ4v) is 4.06. The summed E-state index contributed by atoms with van der Waals surface area (Å²) >= 11 is 0. The number of piperidine rings is 1. The van der Waals surface area contributed by atoms with Crippen LogP contribution in [0.25, 0.3) is 10.9 Å². The Morgan fingerprint density at radius 1 is 1.03 bits per heavy atom. The van der Waals surface area contributed by atoms with Crippen molar-refractivity contribution in [2.45, 2.75) is 78.0 Å². The number of para-hydroxylation sites is 1. The van der Waals surface area contributed by atoms with E-state index >= 15 is 0 Å². The number of alkyl carbamates (subject to hydrolysis) is 1. The Morgan fingerprint density at radius 2 is 1.67 bits per heavy atom. The fraction of sp³-hybridized carbons (Fsp3) is 0.556. The highest BCUT2D eigenvalue weighted by Crippen LogP contribution is 2.25. The molecule has 0 unspecified atom stereocenters. The van der Waals surface area contributed by atoms with E-state index in [1.807, 2.05) is 51.1 Å². The topological polar surface area (TPSA) is 110 Å². The number of nitrogens with zero attached hydrogens (tertiary/aromatic N) is 2. The number of nitrogens with one attached hydrogen (secondary N) is 2. The smallest absolute Gasteiger partial charge is 0.410 e. The van der Waals surface area contributed by atoms with Crippen LogP contribution in [0.15, 0.2) is 36.5 Å². The molecule has 1 aliphatic heterocycles. The molecular formula is C27H38N4O5. The molecule has 1 saturated heterocycles. The van der Waals surface area contributed by atoms with Crippen LogP contribution < -0.4 is 10.6 Å². The van der Waals surface area contributed by atoms with Gasteiger partial charge in [-0.15, -0.1) is 0 Å². The van der Waals surface area contributed by atoms with Gasteiger partial charge in [-0.05, 0) is 78.9 Å². The minimum absolute atomic E-state index is 0.143. The van der Waals surface area contributed by atoms with Crippen LogP contribution in [0.5, 0.6) is 0 Å². The molecule has 1 aliphatic rings. The van der Waals surface area contributed by atoms with Crippen LogP contribution in [0.4, 0.5) is 15.3 Å². The second-order valence-corrected chi connectivity index (χ2v) is 11.3. The summed E-state index contributed by atoms with van der Waals surface area (Å²) in [6.07, 6.45) is 2.46. The Morgan fingerprint density at radius 3 is 2.31 bits per heavy atom. The highest BCUT2D eigenvalue weighted by Gasteiger charge is 2.31. The van der Waals surface area contributed by atoms with Crippen molar-refractivity contribution in [2.24, 2.45) is 5.92 Å². The summed E-state index contributed by atoms with van der Waals surface area (Å²) in [5.74, 6) is -0.198. The van der Waals surface area contributed by atoms with Gasteiger partial charge in [0, 0.05) is 18.5 Å². The van der Waals surface area contributed by atoms with Gasteiger partial charge in [-0.25, -0.2) is 9.59 Å². The molecule has 36 heavy (non-hydrogen) atoms. The second-order valence-electron chi connectivity index (χ2n) is 11.3. The van der Waals surface area contributed by atoms with Crippen molar-refractivity contribution in [3.8, 4) is 0 Å². The zero-order chi connectivity index (χ0) is 26.5. The third-order valence-electron chi connectivity index (χ3n) is 5.70. The number of amides is 3. The van der Waals surface area contributed by atoms with Crippen LogP contribution in [0.2, 0.25) is 0 Å². The zero-order valence-electron chi connectivity index (χ0n) is 22.1. The van der Waals surface area contributed by atoms with Crippen molar-refractivity contribution in [3.05, 3.63) is 36.5 Å². The first-order valence-electron chi connectivity index (χ1n) is 12.4. The molecule has 0 bridgehead atoms. The van der Waals surface area contributed by atoms with Gasteiger partial charge in [-0.3, -0.25) is 9.78 Å². The normalized spacial score (nSPS) is 15.8. The fourth-order valence-electron chi connectivity index (χ4n) is 4.06. The van der Waals surface area contributed by atoms with Crippen LogP contribution in [-0.2, 0) is 14.3 Å². The predicted molar refractivity (Wildman–Crippen MR) is 139 cm³/mol. The zero-order valence-corrected chi connectivity index (χ0v) is 22.1. The number of hydrogen-bond donors (Lipinski definition) is 2. The van der Waals surface area contributed by atoms with Gasteiger partial charge in [0.1, 0.15) is 17.2 Å². The van der Waals surface area contributed by atoms with E-state index < -0.39 is 23.3 Å². The third-order valence-corrected chi connectivity index (χ3v) is 5.70. The number of carbonyl (C=O) groups excluding carboxylic acids is 3. The number of benzene rings is 1. The van der Waals surface area contributed by atoms with E-state index in [-0.39, 0.29) is 17.9 Å². The van der Waals surface area contributed by atoms with E-state index in [9.17, 15) is 14.4 Å². The molecule has 1 aromatic carbocycles. The number of pyridine rings is 1. The monoisotopic (exact) mass is 498 g/mol. The molecule has 1 aromatic heterocycles. The van der Waals surface area contributed by atoms with E-state index in [2.05, 4.69) is 15.6 Å². The number of anilines is 1. The van der Waals surface area contributed by atoms with Crippen molar-refractivity contribution >= 4 is 34.7 Å². The largest absolute Gasteiger partial charge is 0.444 e. The third kappa shape index (κ3) is 8.39. The Bertz CT molecular complexity index is 1080. The summed E-state index contributed by atoms with van der Waals surface area (Å²) in [6.45, 7) is 11.9. The first-order chi connectivity index (χ1) is 16.8. The van der Waals surface area contributed by atoms with E-state index in [0.717, 1.165) is 10.9 Å². The number of likely N-dealkylation sites (tertiary alicyclic amines) is 1. The first kappa shape index (κ1) is 27.2. The highest BCUT2D eigenvalue weighted by atomic mass is 16.6. The van der Waals surface area contributed by atoms with Crippen molar-refractivity contribution in [3.63, 3.8) is 0 Å². The molecule has 2 heterocycles. The van der Waals surface area contributed by atoms with E-state index in [4.69, 9.17) is 9.47 Å². The van der Waals surface area contributed by atoms with Crippen LogP contribution in [0.1, 0.15) is 60.8 Å². The van der Waals surface area contributed by atoms with Crippen LogP contribution in [0, 0.1) is 5.92 Å². The quantitative estimate of drug-likeness (QED) is 0.593. The molecule has 1 fully saturated rings. The molecule has 196 valence electrons. The maximum absolute atomic E-state index is 13.3. The van der Waals surface area contributed by atoms with Crippen LogP contribution >= 0.6 is 0 Å². The predicted octanol–water partition coefficient (Wildman–Crippen LogP) is 5.10. The average Bonchev–Trinajstić information content (AvgIpc) is 2.76. The lowest BCUT2D eigenvalue weighted by atomic mass is 9.90. The highest BCUT2D eigenvalue weighted by molar-refractivity contribution is 5.97. The molecule has 3 amide bonds. The molecule has 0 aliphatic carbocycles. The average molecular weight is 499 g/mol. The van der Waals surface area contributed by atoms with Crippen molar-refractivity contribution in [1.29, 1.82) is 0 Å². The van der Waals surface area contributed by atoms with Gasteiger partial charge in [-0.2, -0.15) is 0 Å². The van der Waals surface area contributed by atoms with Crippen molar-refractivity contribution in [1.82, 2.24) is 15.2 Å². The molecule has 0 radical (unpaired) electrons. The molecule has 2 N–H and O–H groups in total. The molecule has 9 heteroatoms. The molecule has 1 atom stereocenters. The van der Waals surface area contributed by atoms with Crippen molar-refractivity contribution < 1.29 is 23.9 Å².